The molecule has 0 saturated heterocycles. The first-order chi connectivity index (χ1) is 35.4. The largest absolute Gasteiger partial charge is 0.452 e. The first-order valence-electron chi connectivity index (χ1n) is 25.5. The van der Waals surface area contributed by atoms with Gasteiger partial charge >= 0.3 is 0 Å². The maximum Gasteiger partial charge on any atom is 0.266 e. The van der Waals surface area contributed by atoms with E-state index in [2.05, 4.69) is 140 Å². The van der Waals surface area contributed by atoms with E-state index >= 15 is 19.2 Å². The molecule has 74 heavy (non-hydrogen) atoms. The van der Waals surface area contributed by atoms with Crippen LogP contribution < -0.4 is 14.5 Å². The standard InChI is InChI=1S/C67H48N2O5/c1-65(2,3)35-29-49-59(51(31-35)68-61(70)45-25-21-41-37-17-9-13-33-14-10-18-38(53(33)37)42-22-26-46(62(68)71)57(45)55(41)42)74-60-50(67(49,7)8)30-36(66(4,5)6)32-52(60)69-63(72)47-27-23-43-39-19-11-15-34-16-12-20-40(54(34)39)44-24-28-48(64(69)73)58(47)56(43)44/h9-32H,1-8H3. The van der Waals surface area contributed by atoms with Crippen molar-refractivity contribution >= 4 is 121 Å². The molecule has 12 aromatic carbocycles. The molecule has 0 spiro atoms. The van der Waals surface area contributed by atoms with E-state index in [1.165, 1.54) is 9.80 Å². The van der Waals surface area contributed by atoms with E-state index in [0.717, 1.165) is 97.7 Å². The molecule has 0 bridgehead atoms. The summed E-state index contributed by atoms with van der Waals surface area (Å²) in [7, 11) is 0. The number of ether oxygens (including phenoxy) is 1. The van der Waals surface area contributed by atoms with Crippen molar-refractivity contribution in [3.05, 3.63) is 190 Å². The lowest BCUT2D eigenvalue weighted by Crippen LogP contribution is -2.42. The molecule has 7 nitrogen and oxygen atoms in total. The number of rotatable bonds is 2. The van der Waals surface area contributed by atoms with E-state index < -0.39 is 39.9 Å². The van der Waals surface area contributed by atoms with Crippen molar-refractivity contribution < 1.29 is 23.9 Å². The molecule has 3 aliphatic heterocycles. The Kier molecular flexibility index (Phi) is 8.05. The Hall–Kier alpha value is -8.68. The zero-order valence-corrected chi connectivity index (χ0v) is 42.3. The maximum absolute atomic E-state index is 15.5. The van der Waals surface area contributed by atoms with Crippen LogP contribution in [0.5, 0.6) is 11.5 Å². The fraction of sp³-hybridized carbons (Fsp3) is 0.164. The Balaban J connectivity index is 0.936. The van der Waals surface area contributed by atoms with E-state index in [0.29, 0.717) is 55.9 Å². The number of carbonyl (C=O) groups excluding carboxylic acids is 4. The Labute approximate surface area is 426 Å². The molecule has 4 amide bonds. The molecule has 3 heterocycles. The molecule has 0 saturated carbocycles. The number of hydrogen-bond donors (Lipinski definition) is 0. The minimum absolute atomic E-state index is 0.303. The summed E-state index contributed by atoms with van der Waals surface area (Å²) in [6, 6.07) is 48.8. The molecule has 0 aromatic heterocycles. The van der Waals surface area contributed by atoms with Gasteiger partial charge in [0.25, 0.3) is 23.6 Å². The van der Waals surface area contributed by atoms with E-state index in [1.54, 1.807) is 0 Å². The number of fused-ring (bicyclic) bond motifs is 6. The predicted molar refractivity (Wildman–Crippen MR) is 300 cm³/mol. The predicted octanol–water partition coefficient (Wildman–Crippen LogP) is 16.4. The molecule has 0 N–H and O–H groups in total. The number of hydrogen-bond acceptors (Lipinski definition) is 5. The molecule has 12 aromatic rings. The summed E-state index contributed by atoms with van der Waals surface area (Å²) in [5.41, 5.74) is 4.04. The van der Waals surface area contributed by atoms with Gasteiger partial charge in [-0.1, -0.05) is 165 Å². The van der Waals surface area contributed by atoms with Crippen LogP contribution in [0.25, 0.3) is 86.2 Å². The van der Waals surface area contributed by atoms with Crippen LogP contribution in [0, 0.1) is 0 Å². The van der Waals surface area contributed by atoms with Crippen LogP contribution in [0.1, 0.15) is 119 Å². The quantitative estimate of drug-likeness (QED) is 0.0979. The Morgan fingerprint density at radius 1 is 0.365 bits per heavy atom. The van der Waals surface area contributed by atoms with Crippen molar-refractivity contribution in [2.24, 2.45) is 0 Å². The zero-order valence-electron chi connectivity index (χ0n) is 42.3. The van der Waals surface area contributed by atoms with Gasteiger partial charge in [0.2, 0.25) is 0 Å². The Morgan fingerprint density at radius 2 is 0.662 bits per heavy atom. The van der Waals surface area contributed by atoms with Gasteiger partial charge in [-0.05, 0) is 134 Å². The van der Waals surface area contributed by atoms with Crippen molar-refractivity contribution in [2.45, 2.75) is 71.6 Å². The second kappa shape index (κ2) is 13.9. The molecule has 15 rings (SSSR count). The SMILES string of the molecule is CC(C)(C)c1cc(N2C(=O)c3ccc4c5cccc6cccc(c7ccc(c3c47)C2=O)c65)c2c(c1)C(C)(C)c1cc(C(C)(C)C)cc(N3C(=O)c4ccc5c6cccc7cccc(c8ccc(c4c58)C3=O)c76)c1O2. The molecule has 7 heteroatoms. The lowest BCUT2D eigenvalue weighted by Gasteiger charge is -2.41. The minimum atomic E-state index is -0.834. The minimum Gasteiger partial charge on any atom is -0.452 e. The summed E-state index contributed by atoms with van der Waals surface area (Å²) in [6.45, 7) is 17.0. The molecule has 356 valence electrons. The number of benzene rings is 12. The monoisotopic (exact) mass is 960 g/mol. The average Bonchev–Trinajstić information content (AvgIpc) is 3.40. The molecular weight excluding hydrogens is 913 g/mol. The maximum atomic E-state index is 15.5. The molecule has 0 radical (unpaired) electrons. The number of nitrogens with zero attached hydrogens (tertiary/aromatic N) is 2. The molecule has 3 aliphatic rings. The van der Waals surface area contributed by atoms with Crippen LogP contribution in [0.2, 0.25) is 0 Å². The normalized spacial score (nSPS) is 15.6. The van der Waals surface area contributed by atoms with Gasteiger partial charge in [-0.3, -0.25) is 19.2 Å². The highest BCUT2D eigenvalue weighted by Gasteiger charge is 2.46. The first kappa shape index (κ1) is 43.0. The Bertz CT molecular complexity index is 4170. The van der Waals surface area contributed by atoms with Crippen molar-refractivity contribution in [2.75, 3.05) is 9.80 Å². The summed E-state index contributed by atoms with van der Waals surface area (Å²) in [4.78, 5) is 64.8. The van der Waals surface area contributed by atoms with Crippen LogP contribution in [0.3, 0.4) is 0 Å². The lowest BCUT2D eigenvalue weighted by atomic mass is 9.71. The molecule has 0 atom stereocenters. The van der Waals surface area contributed by atoms with Gasteiger partial charge in [0.05, 0.1) is 11.4 Å². The lowest BCUT2D eigenvalue weighted by molar-refractivity contribution is 0.0878. The van der Waals surface area contributed by atoms with Gasteiger partial charge in [0.1, 0.15) is 0 Å². The van der Waals surface area contributed by atoms with Crippen LogP contribution in [-0.2, 0) is 16.2 Å². The summed E-state index contributed by atoms with van der Waals surface area (Å²) in [5.74, 6) is -1.18. The summed E-state index contributed by atoms with van der Waals surface area (Å²) < 4.78 is 7.31. The number of carbonyl (C=O) groups is 4. The van der Waals surface area contributed by atoms with Gasteiger partial charge in [-0.2, -0.15) is 0 Å². The molecule has 0 aliphatic carbocycles. The van der Waals surface area contributed by atoms with Crippen molar-refractivity contribution in [3.8, 4) is 11.5 Å². The third-order valence-corrected chi connectivity index (χ3v) is 16.9. The molecule has 0 fully saturated rings. The van der Waals surface area contributed by atoms with Gasteiger partial charge in [-0.15, -0.1) is 0 Å². The first-order valence-corrected chi connectivity index (χ1v) is 25.5. The second-order valence-electron chi connectivity index (χ2n) is 23.4. The van der Waals surface area contributed by atoms with Crippen LogP contribution in [-0.4, -0.2) is 23.6 Å². The summed E-state index contributed by atoms with van der Waals surface area (Å²) in [5, 5.41) is 15.9. The van der Waals surface area contributed by atoms with Crippen LogP contribution >= 0.6 is 0 Å². The summed E-state index contributed by atoms with van der Waals surface area (Å²) in [6.07, 6.45) is 0. The van der Waals surface area contributed by atoms with Crippen molar-refractivity contribution in [3.63, 3.8) is 0 Å². The third kappa shape index (κ3) is 5.30. The highest BCUT2D eigenvalue weighted by molar-refractivity contribution is 6.44. The highest BCUT2D eigenvalue weighted by Crippen LogP contribution is 2.58. The zero-order chi connectivity index (χ0) is 50.8. The van der Waals surface area contributed by atoms with Crippen molar-refractivity contribution in [1.82, 2.24) is 0 Å². The topological polar surface area (TPSA) is 84.0 Å². The summed E-state index contributed by atoms with van der Waals surface area (Å²) >= 11 is 0. The van der Waals surface area contributed by atoms with E-state index in [1.807, 2.05) is 60.7 Å². The van der Waals surface area contributed by atoms with Crippen LogP contribution in [0.15, 0.2) is 146 Å². The van der Waals surface area contributed by atoms with Gasteiger partial charge in [0, 0.05) is 49.6 Å². The smallest absolute Gasteiger partial charge is 0.266 e. The van der Waals surface area contributed by atoms with Gasteiger partial charge < -0.3 is 4.74 Å². The van der Waals surface area contributed by atoms with E-state index in [4.69, 9.17) is 4.74 Å². The fourth-order valence-electron chi connectivity index (χ4n) is 13.1. The van der Waals surface area contributed by atoms with Crippen LogP contribution in [0.4, 0.5) is 11.4 Å². The molecular formula is C67H48N2O5. The number of anilines is 2. The second-order valence-corrected chi connectivity index (χ2v) is 23.4. The van der Waals surface area contributed by atoms with Gasteiger partial charge in [-0.25, -0.2) is 9.80 Å². The van der Waals surface area contributed by atoms with Crippen molar-refractivity contribution in [1.29, 1.82) is 0 Å². The number of amides is 4. The number of imide groups is 2. The highest BCUT2D eigenvalue weighted by atomic mass is 16.5. The van der Waals surface area contributed by atoms with Gasteiger partial charge in [0.15, 0.2) is 11.5 Å². The Morgan fingerprint density at radius 3 is 0.959 bits per heavy atom. The fourth-order valence-corrected chi connectivity index (χ4v) is 13.1. The molecule has 0 unspecified atom stereocenters. The third-order valence-electron chi connectivity index (χ3n) is 16.9. The average molecular weight is 961 g/mol. The van der Waals surface area contributed by atoms with E-state index in [-0.39, 0.29) is 0 Å². The van der Waals surface area contributed by atoms with E-state index in [9.17, 15) is 0 Å².